The maximum Gasteiger partial charge on any atom is 0.270 e. The zero-order valence-electron chi connectivity index (χ0n) is 16.3. The van der Waals surface area contributed by atoms with Crippen LogP contribution in [0.1, 0.15) is 18.4 Å². The molecule has 9 nitrogen and oxygen atoms in total. The molecular formula is C20H18N6O3S. The van der Waals surface area contributed by atoms with Gasteiger partial charge in [-0.2, -0.15) is 4.98 Å². The predicted molar refractivity (Wildman–Crippen MR) is 112 cm³/mol. The Kier molecular flexibility index (Phi) is 5.57. The van der Waals surface area contributed by atoms with Gasteiger partial charge < -0.3 is 9.09 Å². The summed E-state index contributed by atoms with van der Waals surface area (Å²) in [6.45, 7) is 4.81. The Morgan fingerprint density at radius 2 is 2.00 bits per heavy atom. The summed E-state index contributed by atoms with van der Waals surface area (Å²) in [4.78, 5) is 14.9. The van der Waals surface area contributed by atoms with E-state index < -0.39 is 4.92 Å². The molecule has 152 valence electrons. The Hall–Kier alpha value is -3.53. The normalized spacial score (nSPS) is 11.0. The molecule has 0 aliphatic carbocycles. The Balaban J connectivity index is 1.52. The van der Waals surface area contributed by atoms with E-state index in [4.69, 9.17) is 4.52 Å². The molecule has 4 rings (SSSR count). The van der Waals surface area contributed by atoms with Gasteiger partial charge in [0.15, 0.2) is 11.0 Å². The van der Waals surface area contributed by atoms with Gasteiger partial charge in [-0.05, 0) is 19.4 Å². The third-order valence-electron chi connectivity index (χ3n) is 4.53. The van der Waals surface area contributed by atoms with Gasteiger partial charge in [0, 0.05) is 29.8 Å². The molecule has 0 N–H and O–H groups in total. The molecule has 0 atom stereocenters. The number of non-ortho nitro benzene ring substituents is 1. The van der Waals surface area contributed by atoms with E-state index in [-0.39, 0.29) is 5.69 Å². The van der Waals surface area contributed by atoms with Crippen molar-refractivity contribution < 1.29 is 9.45 Å². The molecule has 0 fully saturated rings. The Bertz CT molecular complexity index is 1200. The van der Waals surface area contributed by atoms with Gasteiger partial charge in [-0.1, -0.05) is 53.3 Å². The number of nitro benzene ring substituents is 1. The molecule has 0 amide bonds. The van der Waals surface area contributed by atoms with Crippen LogP contribution in [0.3, 0.4) is 0 Å². The van der Waals surface area contributed by atoms with Crippen LogP contribution in [0.25, 0.3) is 22.8 Å². The van der Waals surface area contributed by atoms with E-state index in [0.29, 0.717) is 23.0 Å². The van der Waals surface area contributed by atoms with Gasteiger partial charge in [0.25, 0.3) is 5.69 Å². The SMILES string of the molecule is CCn1c(SCc2nc(-c3cccc([N+](=O)[O-])c3)no2)nnc1-c1ccccc1C. The van der Waals surface area contributed by atoms with E-state index in [2.05, 4.69) is 20.3 Å². The average Bonchev–Trinajstić information content (AvgIpc) is 3.39. The molecule has 30 heavy (non-hydrogen) atoms. The number of benzene rings is 2. The first kappa shape index (κ1) is 19.8. The number of aromatic nitrogens is 5. The fourth-order valence-corrected chi connectivity index (χ4v) is 3.86. The number of nitro groups is 1. The number of nitrogens with zero attached hydrogens (tertiary/aromatic N) is 6. The molecule has 0 saturated heterocycles. The van der Waals surface area contributed by atoms with Gasteiger partial charge in [-0.3, -0.25) is 10.1 Å². The molecule has 2 heterocycles. The average molecular weight is 422 g/mol. The number of hydrogen-bond acceptors (Lipinski definition) is 8. The molecule has 0 bridgehead atoms. The van der Waals surface area contributed by atoms with Crippen LogP contribution in [-0.4, -0.2) is 29.8 Å². The summed E-state index contributed by atoms with van der Waals surface area (Å²) in [6, 6.07) is 14.2. The van der Waals surface area contributed by atoms with Gasteiger partial charge in [0.05, 0.1) is 10.7 Å². The maximum absolute atomic E-state index is 11.0. The molecule has 10 heteroatoms. The van der Waals surface area contributed by atoms with Crippen LogP contribution in [0.4, 0.5) is 5.69 Å². The second-order valence-corrected chi connectivity index (χ2v) is 7.42. The van der Waals surface area contributed by atoms with Crippen LogP contribution in [0, 0.1) is 17.0 Å². The first-order valence-electron chi connectivity index (χ1n) is 9.26. The largest absolute Gasteiger partial charge is 0.338 e. The minimum atomic E-state index is -0.454. The molecular weight excluding hydrogens is 404 g/mol. The summed E-state index contributed by atoms with van der Waals surface area (Å²) in [5.74, 6) is 1.95. The van der Waals surface area contributed by atoms with Gasteiger partial charge in [-0.25, -0.2) is 0 Å². The smallest absolute Gasteiger partial charge is 0.270 e. The number of aryl methyl sites for hydroxylation is 1. The lowest BCUT2D eigenvalue weighted by Gasteiger charge is -2.08. The number of thioether (sulfide) groups is 1. The predicted octanol–water partition coefficient (Wildman–Crippen LogP) is 4.52. The van der Waals surface area contributed by atoms with Crippen molar-refractivity contribution in [3.8, 4) is 22.8 Å². The van der Waals surface area contributed by atoms with E-state index in [9.17, 15) is 10.1 Å². The van der Waals surface area contributed by atoms with Gasteiger partial charge in [0.2, 0.25) is 11.7 Å². The van der Waals surface area contributed by atoms with E-state index in [1.165, 1.54) is 23.9 Å². The van der Waals surface area contributed by atoms with Gasteiger partial charge >= 0.3 is 0 Å². The standard InChI is InChI=1S/C20H18N6O3S/c1-3-25-19(16-10-5-4-7-13(16)2)22-23-20(25)30-12-17-21-18(24-29-17)14-8-6-9-15(11-14)26(27)28/h4-11H,3,12H2,1-2H3. The fourth-order valence-electron chi connectivity index (χ4n) is 3.02. The third-order valence-corrected chi connectivity index (χ3v) is 5.48. The van der Waals surface area contributed by atoms with Crippen LogP contribution in [0.15, 0.2) is 58.2 Å². The molecule has 0 aliphatic rings. The summed E-state index contributed by atoms with van der Waals surface area (Å²) >= 11 is 1.45. The van der Waals surface area contributed by atoms with Crippen molar-refractivity contribution in [1.82, 2.24) is 24.9 Å². The second kappa shape index (κ2) is 8.46. The summed E-state index contributed by atoms with van der Waals surface area (Å²) in [6.07, 6.45) is 0. The lowest BCUT2D eigenvalue weighted by Crippen LogP contribution is -2.00. The minimum absolute atomic E-state index is 0.0204. The summed E-state index contributed by atoms with van der Waals surface area (Å²) in [7, 11) is 0. The summed E-state index contributed by atoms with van der Waals surface area (Å²) in [5.41, 5.74) is 2.69. The van der Waals surface area contributed by atoms with Crippen LogP contribution < -0.4 is 0 Å². The Labute approximate surface area is 176 Å². The molecule has 2 aromatic heterocycles. The van der Waals surface area contributed by atoms with Crippen molar-refractivity contribution in [2.45, 2.75) is 31.3 Å². The monoisotopic (exact) mass is 422 g/mol. The van der Waals surface area contributed by atoms with Crippen LogP contribution in [0.5, 0.6) is 0 Å². The van der Waals surface area contributed by atoms with Crippen molar-refractivity contribution in [2.75, 3.05) is 0 Å². The minimum Gasteiger partial charge on any atom is -0.338 e. The van der Waals surface area contributed by atoms with Crippen LogP contribution in [-0.2, 0) is 12.3 Å². The topological polar surface area (TPSA) is 113 Å². The highest BCUT2D eigenvalue weighted by Crippen LogP contribution is 2.28. The molecule has 0 aliphatic heterocycles. The van der Waals surface area contributed by atoms with Crippen molar-refractivity contribution >= 4 is 17.4 Å². The van der Waals surface area contributed by atoms with Crippen molar-refractivity contribution in [3.05, 3.63) is 70.1 Å². The molecule has 0 unspecified atom stereocenters. The van der Waals surface area contributed by atoms with Crippen LogP contribution >= 0.6 is 11.8 Å². The molecule has 0 radical (unpaired) electrons. The number of rotatable bonds is 7. The lowest BCUT2D eigenvalue weighted by molar-refractivity contribution is -0.384. The first-order valence-corrected chi connectivity index (χ1v) is 10.2. The second-order valence-electron chi connectivity index (χ2n) is 6.47. The zero-order valence-corrected chi connectivity index (χ0v) is 17.2. The van der Waals surface area contributed by atoms with Crippen molar-refractivity contribution in [2.24, 2.45) is 0 Å². The third kappa shape index (κ3) is 3.94. The Morgan fingerprint density at radius 1 is 1.17 bits per heavy atom. The van der Waals surface area contributed by atoms with Crippen molar-refractivity contribution in [3.63, 3.8) is 0 Å². The molecule has 4 aromatic rings. The lowest BCUT2D eigenvalue weighted by atomic mass is 10.1. The summed E-state index contributed by atoms with van der Waals surface area (Å²) in [5, 5.41) is 24.4. The van der Waals surface area contributed by atoms with E-state index in [0.717, 1.165) is 28.7 Å². The van der Waals surface area contributed by atoms with Gasteiger partial charge in [0.1, 0.15) is 0 Å². The van der Waals surface area contributed by atoms with E-state index in [1.807, 2.05) is 42.7 Å². The van der Waals surface area contributed by atoms with E-state index >= 15 is 0 Å². The fraction of sp³-hybridized carbons (Fsp3) is 0.200. The highest BCUT2D eigenvalue weighted by atomic mass is 32.2. The maximum atomic E-state index is 11.0. The van der Waals surface area contributed by atoms with E-state index in [1.54, 1.807) is 12.1 Å². The highest BCUT2D eigenvalue weighted by molar-refractivity contribution is 7.98. The molecule has 0 saturated carbocycles. The molecule has 2 aromatic carbocycles. The summed E-state index contributed by atoms with van der Waals surface area (Å²) < 4.78 is 7.36. The first-order chi connectivity index (χ1) is 14.6. The highest BCUT2D eigenvalue weighted by Gasteiger charge is 2.17. The Morgan fingerprint density at radius 3 is 2.77 bits per heavy atom. The number of hydrogen-bond donors (Lipinski definition) is 0. The van der Waals surface area contributed by atoms with Crippen LogP contribution in [0.2, 0.25) is 0 Å². The zero-order chi connectivity index (χ0) is 21.1. The van der Waals surface area contributed by atoms with Gasteiger partial charge in [-0.15, -0.1) is 10.2 Å². The quantitative estimate of drug-likeness (QED) is 0.243. The molecule has 0 spiro atoms. The van der Waals surface area contributed by atoms with Crippen molar-refractivity contribution in [1.29, 1.82) is 0 Å².